The number of carbonyl (C=O) groups excluding carboxylic acids is 1. The summed E-state index contributed by atoms with van der Waals surface area (Å²) in [5, 5.41) is 0. The molecule has 0 aromatic heterocycles. The Hall–Kier alpha value is -2.49. The lowest BCUT2D eigenvalue weighted by molar-refractivity contribution is -0.132. The van der Waals surface area contributed by atoms with Gasteiger partial charge in [0.2, 0.25) is 0 Å². The molecule has 0 heterocycles. The normalized spacial score (nSPS) is 10.0. The molecule has 0 fully saturated rings. The fourth-order valence-corrected chi connectivity index (χ4v) is 1.95. The van der Waals surface area contributed by atoms with Gasteiger partial charge in [-0.15, -0.1) is 0 Å². The van der Waals surface area contributed by atoms with Crippen molar-refractivity contribution in [2.75, 3.05) is 20.8 Å². The monoisotopic (exact) mass is 285 g/mol. The molecule has 0 aliphatic carbocycles. The molecule has 0 bridgehead atoms. The van der Waals surface area contributed by atoms with Crippen LogP contribution in [-0.2, 0) is 11.3 Å². The van der Waals surface area contributed by atoms with E-state index in [1.165, 1.54) is 0 Å². The molecule has 0 saturated carbocycles. The average molecular weight is 285 g/mol. The highest BCUT2D eigenvalue weighted by molar-refractivity contribution is 5.77. The molecule has 0 radical (unpaired) electrons. The summed E-state index contributed by atoms with van der Waals surface area (Å²) in [5.41, 5.74) is 0.968. The van der Waals surface area contributed by atoms with Crippen LogP contribution in [0.4, 0.5) is 0 Å². The van der Waals surface area contributed by atoms with Crippen molar-refractivity contribution in [1.29, 1.82) is 0 Å². The van der Waals surface area contributed by atoms with Gasteiger partial charge in [-0.05, 0) is 18.2 Å². The second kappa shape index (κ2) is 7.33. The van der Waals surface area contributed by atoms with Crippen molar-refractivity contribution in [2.45, 2.75) is 6.54 Å². The number of methoxy groups -OCH3 is 1. The Morgan fingerprint density at radius 2 is 1.71 bits per heavy atom. The van der Waals surface area contributed by atoms with Crippen molar-refractivity contribution in [3.8, 4) is 11.5 Å². The summed E-state index contributed by atoms with van der Waals surface area (Å²) >= 11 is 0. The number of hydrogen-bond donors (Lipinski definition) is 0. The summed E-state index contributed by atoms with van der Waals surface area (Å²) in [5.74, 6) is 1.39. The first-order valence-electron chi connectivity index (χ1n) is 6.74. The number of nitrogens with zero attached hydrogens (tertiary/aromatic N) is 1. The lowest BCUT2D eigenvalue weighted by atomic mass is 10.2. The van der Waals surface area contributed by atoms with Crippen molar-refractivity contribution in [2.24, 2.45) is 0 Å². The molecule has 0 spiro atoms. The Morgan fingerprint density at radius 1 is 1.05 bits per heavy atom. The first-order valence-corrected chi connectivity index (χ1v) is 6.74. The molecule has 110 valence electrons. The summed E-state index contributed by atoms with van der Waals surface area (Å²) in [4.78, 5) is 13.7. The predicted octanol–water partition coefficient (Wildman–Crippen LogP) is 2.73. The molecule has 2 rings (SSSR count). The van der Waals surface area contributed by atoms with Gasteiger partial charge in [-0.2, -0.15) is 0 Å². The zero-order valence-electron chi connectivity index (χ0n) is 12.3. The lowest BCUT2D eigenvalue weighted by Crippen LogP contribution is -2.31. The van der Waals surface area contributed by atoms with Crippen molar-refractivity contribution < 1.29 is 14.3 Å². The topological polar surface area (TPSA) is 38.8 Å². The summed E-state index contributed by atoms with van der Waals surface area (Å²) in [6.45, 7) is 0.511. The number of rotatable bonds is 6. The maximum Gasteiger partial charge on any atom is 0.260 e. The first-order chi connectivity index (χ1) is 10.2. The third-order valence-corrected chi connectivity index (χ3v) is 3.13. The van der Waals surface area contributed by atoms with Gasteiger partial charge < -0.3 is 14.4 Å². The average Bonchev–Trinajstić information content (AvgIpc) is 2.54. The van der Waals surface area contributed by atoms with Crippen LogP contribution in [0.1, 0.15) is 5.56 Å². The Bertz CT molecular complexity index is 584. The molecular formula is C17H19NO3. The number of amides is 1. The Balaban J connectivity index is 1.90. The van der Waals surface area contributed by atoms with Gasteiger partial charge in [-0.1, -0.05) is 36.4 Å². The van der Waals surface area contributed by atoms with Crippen LogP contribution in [0, 0.1) is 0 Å². The van der Waals surface area contributed by atoms with E-state index in [-0.39, 0.29) is 12.5 Å². The van der Waals surface area contributed by atoms with Gasteiger partial charge >= 0.3 is 0 Å². The van der Waals surface area contributed by atoms with Gasteiger partial charge in [0.05, 0.1) is 7.11 Å². The standard InChI is InChI=1S/C17H19NO3/c1-18(12-14-8-6-7-11-16(14)20-2)17(19)13-21-15-9-4-3-5-10-15/h3-11H,12-13H2,1-2H3. The highest BCUT2D eigenvalue weighted by Crippen LogP contribution is 2.18. The fraction of sp³-hybridized carbons (Fsp3) is 0.235. The number of carbonyl (C=O) groups is 1. The zero-order valence-corrected chi connectivity index (χ0v) is 12.3. The molecule has 0 saturated heterocycles. The predicted molar refractivity (Wildman–Crippen MR) is 81.4 cm³/mol. The highest BCUT2D eigenvalue weighted by Gasteiger charge is 2.12. The number of ether oxygens (including phenoxy) is 2. The minimum Gasteiger partial charge on any atom is -0.496 e. The second-order valence-corrected chi connectivity index (χ2v) is 4.66. The first kappa shape index (κ1) is 14.9. The molecule has 0 atom stereocenters. The minimum absolute atomic E-state index is 0.0235. The Kier molecular flexibility index (Phi) is 5.21. The lowest BCUT2D eigenvalue weighted by Gasteiger charge is -2.19. The van der Waals surface area contributed by atoms with Gasteiger partial charge in [0.15, 0.2) is 6.61 Å². The molecule has 1 amide bonds. The van der Waals surface area contributed by atoms with Crippen LogP contribution in [0.5, 0.6) is 11.5 Å². The summed E-state index contributed by atoms with van der Waals surface area (Å²) < 4.78 is 10.7. The Labute approximate surface area is 124 Å². The van der Waals surface area contributed by atoms with E-state index in [0.29, 0.717) is 12.3 Å². The van der Waals surface area contributed by atoms with Crippen LogP contribution >= 0.6 is 0 Å². The summed E-state index contributed by atoms with van der Waals surface area (Å²) in [7, 11) is 3.38. The molecule has 2 aromatic rings. The van der Waals surface area contributed by atoms with Crippen molar-refractivity contribution in [3.05, 3.63) is 60.2 Å². The molecule has 4 heteroatoms. The van der Waals surface area contributed by atoms with Crippen molar-refractivity contribution in [1.82, 2.24) is 4.90 Å². The van der Waals surface area contributed by atoms with Crippen molar-refractivity contribution in [3.63, 3.8) is 0 Å². The van der Waals surface area contributed by atoms with Crippen LogP contribution in [0.3, 0.4) is 0 Å². The van der Waals surface area contributed by atoms with Crippen LogP contribution in [-0.4, -0.2) is 31.6 Å². The van der Waals surface area contributed by atoms with E-state index in [1.807, 2.05) is 54.6 Å². The molecule has 4 nitrogen and oxygen atoms in total. The van der Waals surface area contributed by atoms with Crippen molar-refractivity contribution >= 4 is 5.91 Å². The smallest absolute Gasteiger partial charge is 0.260 e. The van der Waals surface area contributed by atoms with Gasteiger partial charge in [-0.25, -0.2) is 0 Å². The third-order valence-electron chi connectivity index (χ3n) is 3.13. The van der Waals surface area contributed by atoms with E-state index in [1.54, 1.807) is 19.1 Å². The number of hydrogen-bond acceptors (Lipinski definition) is 3. The molecule has 0 N–H and O–H groups in total. The maximum atomic E-state index is 12.1. The molecule has 0 aliphatic heterocycles. The number of benzene rings is 2. The van der Waals surface area contributed by atoms with E-state index in [4.69, 9.17) is 9.47 Å². The van der Waals surface area contributed by atoms with Gasteiger partial charge in [0.1, 0.15) is 11.5 Å². The molecule has 2 aromatic carbocycles. The van der Waals surface area contributed by atoms with Gasteiger partial charge in [-0.3, -0.25) is 4.79 Å². The van der Waals surface area contributed by atoms with E-state index >= 15 is 0 Å². The van der Waals surface area contributed by atoms with E-state index < -0.39 is 0 Å². The van der Waals surface area contributed by atoms with Gasteiger partial charge in [0.25, 0.3) is 5.91 Å². The van der Waals surface area contributed by atoms with E-state index in [9.17, 15) is 4.79 Å². The fourth-order valence-electron chi connectivity index (χ4n) is 1.95. The SMILES string of the molecule is COc1ccccc1CN(C)C(=O)COc1ccccc1. The molecular weight excluding hydrogens is 266 g/mol. The largest absolute Gasteiger partial charge is 0.496 e. The Morgan fingerprint density at radius 3 is 2.43 bits per heavy atom. The quantitative estimate of drug-likeness (QED) is 0.819. The van der Waals surface area contributed by atoms with E-state index in [2.05, 4.69) is 0 Å². The van der Waals surface area contributed by atoms with Crippen LogP contribution in [0.15, 0.2) is 54.6 Å². The maximum absolute atomic E-state index is 12.1. The number of likely N-dealkylation sites (N-methyl/N-ethyl adjacent to an activating group) is 1. The molecule has 21 heavy (non-hydrogen) atoms. The van der Waals surface area contributed by atoms with E-state index in [0.717, 1.165) is 11.3 Å². The van der Waals surface area contributed by atoms with Crippen LogP contribution < -0.4 is 9.47 Å². The molecule has 0 unspecified atom stereocenters. The highest BCUT2D eigenvalue weighted by atomic mass is 16.5. The number of para-hydroxylation sites is 2. The van der Waals surface area contributed by atoms with Crippen LogP contribution in [0.25, 0.3) is 0 Å². The molecule has 0 aliphatic rings. The third kappa shape index (κ3) is 4.24. The van der Waals surface area contributed by atoms with Gasteiger partial charge in [0, 0.05) is 19.2 Å². The summed E-state index contributed by atoms with van der Waals surface area (Å²) in [6.07, 6.45) is 0. The zero-order chi connectivity index (χ0) is 15.1. The minimum atomic E-state index is -0.0789. The second-order valence-electron chi connectivity index (χ2n) is 4.66. The van der Waals surface area contributed by atoms with Crippen LogP contribution in [0.2, 0.25) is 0 Å². The summed E-state index contributed by atoms with van der Waals surface area (Å²) in [6, 6.07) is 17.0.